The monoisotopic (exact) mass is 370 g/mol. The van der Waals surface area contributed by atoms with Gasteiger partial charge in [0.05, 0.1) is 17.1 Å². The maximum Gasteiger partial charge on any atom is 0.224 e. The first-order valence-corrected chi connectivity index (χ1v) is 8.14. The number of hydrogen-bond donors (Lipinski definition) is 3. The minimum absolute atomic E-state index is 0. The van der Waals surface area contributed by atoms with E-state index in [1.54, 1.807) is 0 Å². The molecule has 1 saturated carbocycles. The van der Waals surface area contributed by atoms with Gasteiger partial charge in [-0.1, -0.05) is 12.1 Å². The van der Waals surface area contributed by atoms with Gasteiger partial charge >= 0.3 is 0 Å². The summed E-state index contributed by atoms with van der Waals surface area (Å²) in [6, 6.07) is 7.86. The molecule has 1 aromatic carbocycles. The van der Waals surface area contributed by atoms with E-state index in [1.165, 1.54) is 0 Å². The molecule has 1 amide bonds. The third kappa shape index (κ3) is 3.39. The predicted octanol–water partition coefficient (Wildman–Crippen LogP) is 2.97. The number of imidazole rings is 1. The van der Waals surface area contributed by atoms with Crippen molar-refractivity contribution in [2.24, 2.45) is 11.3 Å². The lowest BCUT2D eigenvalue weighted by molar-refractivity contribution is -0.124. The molecule has 4 rings (SSSR count). The molecule has 3 N–H and O–H groups in total. The van der Waals surface area contributed by atoms with Crippen LogP contribution in [0.4, 0.5) is 0 Å². The molecule has 24 heavy (non-hydrogen) atoms. The standard InChI is InChI=1S/C17H22N4O.2ClH/c1-11(15-20-13-4-2-3-5-14(13)21-15)19-16(22)12-10-17(12)6-8-18-9-7-17;;/h2-5,11-12,18H,6-10H2,1H3,(H,19,22)(H,20,21);2*1H. The summed E-state index contributed by atoms with van der Waals surface area (Å²) in [4.78, 5) is 20.4. The lowest BCUT2D eigenvalue weighted by atomic mass is 9.91. The molecule has 5 nitrogen and oxygen atoms in total. The molecule has 1 spiro atoms. The summed E-state index contributed by atoms with van der Waals surface area (Å²) in [6.07, 6.45) is 3.31. The Balaban J connectivity index is 0.00000104. The van der Waals surface area contributed by atoms with Gasteiger partial charge in [-0.15, -0.1) is 24.8 Å². The van der Waals surface area contributed by atoms with Gasteiger partial charge in [-0.3, -0.25) is 4.79 Å². The van der Waals surface area contributed by atoms with E-state index in [-0.39, 0.29) is 48.1 Å². The van der Waals surface area contributed by atoms with E-state index in [0.29, 0.717) is 0 Å². The van der Waals surface area contributed by atoms with Gasteiger partial charge in [-0.2, -0.15) is 0 Å². The van der Waals surface area contributed by atoms with Gasteiger partial charge < -0.3 is 15.6 Å². The Labute approximate surface area is 154 Å². The van der Waals surface area contributed by atoms with E-state index >= 15 is 0 Å². The molecule has 132 valence electrons. The lowest BCUT2D eigenvalue weighted by Crippen LogP contribution is -2.34. The van der Waals surface area contributed by atoms with Crippen molar-refractivity contribution in [1.82, 2.24) is 20.6 Å². The Hall–Kier alpha value is -1.30. The second-order valence-corrected chi connectivity index (χ2v) is 6.74. The lowest BCUT2D eigenvalue weighted by Gasteiger charge is -2.23. The van der Waals surface area contributed by atoms with Gasteiger partial charge in [-0.25, -0.2) is 4.98 Å². The highest BCUT2D eigenvalue weighted by Gasteiger charge is 2.57. The SMILES string of the molecule is CC(NC(=O)C1CC12CCNCC2)c1nc2ccccc2[nH]1.Cl.Cl. The van der Waals surface area contributed by atoms with Crippen LogP contribution >= 0.6 is 24.8 Å². The van der Waals surface area contributed by atoms with Crippen molar-refractivity contribution in [1.29, 1.82) is 0 Å². The van der Waals surface area contributed by atoms with E-state index in [0.717, 1.165) is 49.2 Å². The number of fused-ring (bicyclic) bond motifs is 1. The van der Waals surface area contributed by atoms with E-state index in [9.17, 15) is 4.79 Å². The number of H-pyrrole nitrogens is 1. The highest BCUT2D eigenvalue weighted by atomic mass is 35.5. The second kappa shape index (κ2) is 7.30. The number of aromatic amines is 1. The molecule has 7 heteroatoms. The highest BCUT2D eigenvalue weighted by molar-refractivity contribution is 5.85. The van der Waals surface area contributed by atoms with Gasteiger partial charge in [0.15, 0.2) is 0 Å². The zero-order chi connectivity index (χ0) is 15.2. The normalized spacial score (nSPS) is 22.3. The average Bonchev–Trinajstić information content (AvgIpc) is 3.05. The summed E-state index contributed by atoms with van der Waals surface area (Å²) in [7, 11) is 0. The fourth-order valence-electron chi connectivity index (χ4n) is 3.76. The van der Waals surface area contributed by atoms with E-state index in [2.05, 4.69) is 20.6 Å². The first-order valence-electron chi connectivity index (χ1n) is 8.14. The number of aromatic nitrogens is 2. The van der Waals surface area contributed by atoms with E-state index in [1.807, 2.05) is 31.2 Å². The van der Waals surface area contributed by atoms with Crippen molar-refractivity contribution in [3.05, 3.63) is 30.1 Å². The Bertz CT molecular complexity index is 678. The van der Waals surface area contributed by atoms with Crippen molar-refractivity contribution >= 4 is 41.8 Å². The van der Waals surface area contributed by atoms with Crippen LogP contribution in [0, 0.1) is 11.3 Å². The smallest absolute Gasteiger partial charge is 0.224 e. The molecular formula is C17H24Cl2N4O. The molecule has 2 aromatic rings. The molecule has 2 unspecified atom stereocenters. The second-order valence-electron chi connectivity index (χ2n) is 6.74. The molecule has 2 fully saturated rings. The van der Waals surface area contributed by atoms with Gasteiger partial charge in [0.25, 0.3) is 0 Å². The Morgan fingerprint density at radius 1 is 1.29 bits per heavy atom. The first kappa shape index (κ1) is 19.0. The van der Waals surface area contributed by atoms with Crippen molar-refractivity contribution < 1.29 is 4.79 Å². The number of halogens is 2. The summed E-state index contributed by atoms with van der Waals surface area (Å²) >= 11 is 0. The molecule has 1 aliphatic carbocycles. The Morgan fingerprint density at radius 2 is 2.00 bits per heavy atom. The van der Waals surface area contributed by atoms with E-state index in [4.69, 9.17) is 0 Å². The van der Waals surface area contributed by atoms with Crippen LogP contribution in [-0.4, -0.2) is 29.0 Å². The molecule has 2 heterocycles. The largest absolute Gasteiger partial charge is 0.346 e. The third-order valence-electron chi connectivity index (χ3n) is 5.28. The molecule has 1 aliphatic heterocycles. The Kier molecular flexibility index (Phi) is 5.78. The van der Waals surface area contributed by atoms with Crippen molar-refractivity contribution in [2.45, 2.75) is 32.2 Å². The van der Waals surface area contributed by atoms with Crippen molar-refractivity contribution in [3.63, 3.8) is 0 Å². The number of carbonyl (C=O) groups excluding carboxylic acids is 1. The number of benzene rings is 1. The third-order valence-corrected chi connectivity index (χ3v) is 5.28. The average molecular weight is 371 g/mol. The number of hydrogen-bond acceptors (Lipinski definition) is 3. The highest BCUT2D eigenvalue weighted by Crippen LogP contribution is 2.58. The molecular weight excluding hydrogens is 347 g/mol. The van der Waals surface area contributed by atoms with Crippen LogP contribution in [-0.2, 0) is 4.79 Å². The summed E-state index contributed by atoms with van der Waals surface area (Å²) in [5.74, 6) is 1.21. The number of rotatable bonds is 3. The summed E-state index contributed by atoms with van der Waals surface area (Å²) < 4.78 is 0. The van der Waals surface area contributed by atoms with Crippen molar-refractivity contribution in [3.8, 4) is 0 Å². The minimum atomic E-state index is -0.0840. The molecule has 0 radical (unpaired) electrons. The number of piperidine rings is 1. The summed E-state index contributed by atoms with van der Waals surface area (Å²) in [6.45, 7) is 4.08. The number of nitrogens with one attached hydrogen (secondary N) is 3. The maximum absolute atomic E-state index is 12.5. The van der Waals surface area contributed by atoms with E-state index < -0.39 is 0 Å². The molecule has 2 aliphatic rings. The van der Waals surface area contributed by atoms with Gasteiger partial charge in [0.2, 0.25) is 5.91 Å². The molecule has 0 bridgehead atoms. The van der Waals surface area contributed by atoms with Crippen LogP contribution in [0.3, 0.4) is 0 Å². The quantitative estimate of drug-likeness (QED) is 0.777. The number of amides is 1. The number of nitrogens with zero attached hydrogens (tertiary/aromatic N) is 1. The van der Waals surface area contributed by atoms with Crippen LogP contribution in [0.2, 0.25) is 0 Å². The van der Waals surface area contributed by atoms with Crippen LogP contribution in [0.5, 0.6) is 0 Å². The summed E-state index contributed by atoms with van der Waals surface area (Å²) in [5.41, 5.74) is 2.24. The summed E-state index contributed by atoms with van der Waals surface area (Å²) in [5, 5.41) is 6.51. The fraction of sp³-hybridized carbons (Fsp3) is 0.529. The van der Waals surface area contributed by atoms with Crippen molar-refractivity contribution in [2.75, 3.05) is 13.1 Å². The topological polar surface area (TPSA) is 69.8 Å². The minimum Gasteiger partial charge on any atom is -0.346 e. The van der Waals surface area contributed by atoms with Gasteiger partial charge in [-0.05, 0) is 56.8 Å². The molecule has 1 aromatic heterocycles. The van der Waals surface area contributed by atoms with Gasteiger partial charge in [0, 0.05) is 5.92 Å². The Morgan fingerprint density at radius 3 is 2.71 bits per heavy atom. The molecule has 1 saturated heterocycles. The zero-order valence-electron chi connectivity index (χ0n) is 13.7. The van der Waals surface area contributed by atoms with Crippen LogP contribution < -0.4 is 10.6 Å². The maximum atomic E-state index is 12.5. The zero-order valence-corrected chi connectivity index (χ0v) is 15.3. The van der Waals surface area contributed by atoms with Crippen LogP contribution in [0.1, 0.15) is 38.1 Å². The molecule has 2 atom stereocenters. The van der Waals surface area contributed by atoms with Crippen LogP contribution in [0.15, 0.2) is 24.3 Å². The van der Waals surface area contributed by atoms with Gasteiger partial charge in [0.1, 0.15) is 5.82 Å². The first-order chi connectivity index (χ1) is 10.7. The predicted molar refractivity (Wildman–Crippen MR) is 99.8 cm³/mol. The number of para-hydroxylation sites is 2. The number of carbonyl (C=O) groups is 1. The van der Waals surface area contributed by atoms with Crippen LogP contribution in [0.25, 0.3) is 11.0 Å². The fourth-order valence-corrected chi connectivity index (χ4v) is 3.76.